The molecule has 1 aromatic carbocycles. The number of allylic oxidation sites excluding steroid dienone is 1. The number of aliphatic hydroxyl groups is 1. The molecule has 0 aromatic heterocycles. The number of benzene rings is 1. The molecule has 3 heteroatoms. The third kappa shape index (κ3) is 1.91. The molecule has 0 heterocycles. The second-order valence-electron chi connectivity index (χ2n) is 7.97. The molecule has 3 aliphatic rings. The van der Waals surface area contributed by atoms with Crippen LogP contribution in [0.25, 0.3) is 0 Å². The maximum absolute atomic E-state index is 11.2. The van der Waals surface area contributed by atoms with Crippen molar-refractivity contribution in [3.05, 3.63) is 47.2 Å². The van der Waals surface area contributed by atoms with Gasteiger partial charge in [-0.05, 0) is 55.4 Å². The Morgan fingerprint density at radius 1 is 1.30 bits per heavy atom. The van der Waals surface area contributed by atoms with Crippen molar-refractivity contribution in [3.8, 4) is 6.07 Å². The van der Waals surface area contributed by atoms with E-state index in [1.165, 1.54) is 5.56 Å². The fraction of sp³-hybridized carbons (Fsp3) is 0.550. The van der Waals surface area contributed by atoms with E-state index in [0.29, 0.717) is 35.9 Å². The van der Waals surface area contributed by atoms with E-state index in [-0.39, 0.29) is 11.3 Å². The van der Waals surface area contributed by atoms with Gasteiger partial charge in [-0.1, -0.05) is 37.3 Å². The minimum atomic E-state index is -0.997. The predicted octanol–water partition coefficient (Wildman–Crippen LogP) is 3.47. The summed E-state index contributed by atoms with van der Waals surface area (Å²) in [7, 11) is 0. The summed E-state index contributed by atoms with van der Waals surface area (Å²) in [6.45, 7) is 2.31. The van der Waals surface area contributed by atoms with Gasteiger partial charge in [-0.3, -0.25) is 0 Å². The van der Waals surface area contributed by atoms with E-state index in [0.717, 1.165) is 19.3 Å². The molecule has 0 aliphatic heterocycles. The zero-order chi connectivity index (χ0) is 16.2. The Bertz CT molecular complexity index is 704. The third-order valence-corrected chi connectivity index (χ3v) is 6.71. The molecule has 3 aliphatic carbocycles. The lowest BCUT2D eigenvalue weighted by Crippen LogP contribution is -2.48. The molecule has 120 valence electrons. The Morgan fingerprint density at radius 3 is 2.74 bits per heavy atom. The molecule has 3 nitrogen and oxygen atoms in total. The number of rotatable bonds is 1. The minimum absolute atomic E-state index is 0.209. The van der Waals surface area contributed by atoms with Gasteiger partial charge in [-0.25, -0.2) is 0 Å². The van der Waals surface area contributed by atoms with Crippen LogP contribution in [0.4, 0.5) is 0 Å². The molecule has 0 radical (unpaired) electrons. The van der Waals surface area contributed by atoms with Gasteiger partial charge in [0, 0.05) is 5.41 Å². The monoisotopic (exact) mass is 308 g/mol. The first-order valence-electron chi connectivity index (χ1n) is 8.68. The molecule has 0 unspecified atom stereocenters. The SMILES string of the molecule is C[C@H]1CC[C@]23C[C@](O)(C[C@@H](c4ccccc4)[C@@H]2C1)C(N)=C3C#N. The average molecular weight is 308 g/mol. The predicted molar refractivity (Wildman–Crippen MR) is 89.1 cm³/mol. The molecular formula is C20H24N2O. The molecule has 23 heavy (non-hydrogen) atoms. The first-order valence-corrected chi connectivity index (χ1v) is 8.68. The van der Waals surface area contributed by atoms with Crippen molar-refractivity contribution in [1.29, 1.82) is 5.26 Å². The standard InChI is InChI=1S/C20H24N2O/c1-13-7-8-19-12-20(23,18(22)17(19)11-21)10-15(16(19)9-13)14-5-3-2-4-6-14/h2-6,13,15-16,23H,7-10,12,22H2,1H3/t13-,15-,16-,19-,20+/m0/s1. The number of fused-ring (bicyclic) bond motifs is 1. The summed E-state index contributed by atoms with van der Waals surface area (Å²) in [5, 5.41) is 20.9. The Morgan fingerprint density at radius 2 is 2.04 bits per heavy atom. The zero-order valence-corrected chi connectivity index (χ0v) is 13.6. The smallest absolute Gasteiger partial charge is 0.106 e. The first-order chi connectivity index (χ1) is 11.0. The highest BCUT2D eigenvalue weighted by Crippen LogP contribution is 2.67. The molecule has 1 spiro atoms. The van der Waals surface area contributed by atoms with Crippen LogP contribution in [-0.2, 0) is 0 Å². The van der Waals surface area contributed by atoms with Gasteiger partial charge in [0.05, 0.1) is 17.3 Å². The van der Waals surface area contributed by atoms with Gasteiger partial charge in [0.15, 0.2) is 0 Å². The van der Waals surface area contributed by atoms with Gasteiger partial charge in [-0.2, -0.15) is 5.26 Å². The van der Waals surface area contributed by atoms with E-state index in [4.69, 9.17) is 5.73 Å². The minimum Gasteiger partial charge on any atom is -0.399 e. The van der Waals surface area contributed by atoms with Crippen LogP contribution < -0.4 is 5.73 Å². The number of nitriles is 1. The highest BCUT2D eigenvalue weighted by molar-refractivity contribution is 5.48. The summed E-state index contributed by atoms with van der Waals surface area (Å²) >= 11 is 0. The van der Waals surface area contributed by atoms with E-state index in [2.05, 4.69) is 37.3 Å². The van der Waals surface area contributed by atoms with Gasteiger partial charge in [0.1, 0.15) is 5.60 Å². The van der Waals surface area contributed by atoms with E-state index in [1.807, 2.05) is 6.07 Å². The van der Waals surface area contributed by atoms with Gasteiger partial charge in [-0.15, -0.1) is 0 Å². The second kappa shape index (κ2) is 4.85. The van der Waals surface area contributed by atoms with Crippen molar-refractivity contribution in [2.45, 2.75) is 50.5 Å². The third-order valence-electron chi connectivity index (χ3n) is 6.71. The van der Waals surface area contributed by atoms with Crippen LogP contribution in [0.15, 0.2) is 41.6 Å². The lowest BCUT2D eigenvalue weighted by molar-refractivity contribution is -0.0521. The van der Waals surface area contributed by atoms with Crippen LogP contribution >= 0.6 is 0 Å². The summed E-state index contributed by atoms with van der Waals surface area (Å²) in [6, 6.07) is 12.9. The maximum atomic E-state index is 11.2. The van der Waals surface area contributed by atoms with Crippen LogP contribution in [0.1, 0.15) is 50.5 Å². The molecule has 5 atom stereocenters. The molecular weight excluding hydrogens is 284 g/mol. The van der Waals surface area contributed by atoms with Gasteiger partial charge >= 0.3 is 0 Å². The number of hydrogen-bond acceptors (Lipinski definition) is 3. The number of nitrogens with two attached hydrogens (primary N) is 1. The zero-order valence-electron chi connectivity index (χ0n) is 13.6. The van der Waals surface area contributed by atoms with Crippen LogP contribution in [0, 0.1) is 28.6 Å². The lowest BCUT2D eigenvalue weighted by Gasteiger charge is -2.52. The van der Waals surface area contributed by atoms with Gasteiger partial charge < -0.3 is 10.8 Å². The summed E-state index contributed by atoms with van der Waals surface area (Å²) in [6.07, 6.45) is 4.51. The van der Waals surface area contributed by atoms with Crippen molar-refractivity contribution in [3.63, 3.8) is 0 Å². The van der Waals surface area contributed by atoms with Gasteiger partial charge in [0.2, 0.25) is 0 Å². The number of hydrogen-bond donors (Lipinski definition) is 2. The number of nitrogens with zero attached hydrogens (tertiary/aromatic N) is 1. The Balaban J connectivity index is 1.86. The summed E-state index contributed by atoms with van der Waals surface area (Å²) < 4.78 is 0. The van der Waals surface area contributed by atoms with E-state index >= 15 is 0 Å². The summed E-state index contributed by atoms with van der Waals surface area (Å²) in [5.41, 5.74) is 7.51. The fourth-order valence-electron chi connectivity index (χ4n) is 5.66. The second-order valence-corrected chi connectivity index (χ2v) is 7.97. The van der Waals surface area contributed by atoms with E-state index < -0.39 is 5.60 Å². The Kier molecular flexibility index (Phi) is 3.12. The van der Waals surface area contributed by atoms with Crippen LogP contribution in [0.5, 0.6) is 0 Å². The molecule has 2 fully saturated rings. The molecule has 2 saturated carbocycles. The van der Waals surface area contributed by atoms with Crippen molar-refractivity contribution >= 4 is 0 Å². The van der Waals surface area contributed by atoms with Crippen molar-refractivity contribution in [1.82, 2.24) is 0 Å². The summed E-state index contributed by atoms with van der Waals surface area (Å²) in [4.78, 5) is 0. The topological polar surface area (TPSA) is 70.0 Å². The quantitative estimate of drug-likeness (QED) is 0.834. The molecule has 1 aromatic rings. The Labute approximate surface area is 137 Å². The molecule has 0 saturated heterocycles. The molecule has 3 N–H and O–H groups in total. The Hall–Kier alpha value is -1.79. The van der Waals surface area contributed by atoms with Crippen LogP contribution in [0.2, 0.25) is 0 Å². The molecule has 4 rings (SSSR count). The van der Waals surface area contributed by atoms with Crippen molar-refractivity contribution < 1.29 is 5.11 Å². The van der Waals surface area contributed by atoms with Crippen molar-refractivity contribution in [2.24, 2.45) is 23.0 Å². The van der Waals surface area contributed by atoms with E-state index in [1.54, 1.807) is 0 Å². The lowest BCUT2D eigenvalue weighted by atomic mass is 9.51. The average Bonchev–Trinajstić information content (AvgIpc) is 2.73. The first kappa shape index (κ1) is 14.8. The normalized spacial score (nSPS) is 42.2. The van der Waals surface area contributed by atoms with Crippen LogP contribution in [-0.4, -0.2) is 10.7 Å². The molecule has 0 amide bonds. The summed E-state index contributed by atoms with van der Waals surface area (Å²) in [5.74, 6) is 1.36. The highest BCUT2D eigenvalue weighted by Gasteiger charge is 2.63. The maximum Gasteiger partial charge on any atom is 0.106 e. The fourth-order valence-corrected chi connectivity index (χ4v) is 5.66. The highest BCUT2D eigenvalue weighted by atomic mass is 16.3. The largest absolute Gasteiger partial charge is 0.399 e. The van der Waals surface area contributed by atoms with Crippen molar-refractivity contribution in [2.75, 3.05) is 0 Å². The molecule has 2 bridgehead atoms. The van der Waals surface area contributed by atoms with Crippen LogP contribution in [0.3, 0.4) is 0 Å². The van der Waals surface area contributed by atoms with Gasteiger partial charge in [0.25, 0.3) is 0 Å². The van der Waals surface area contributed by atoms with E-state index in [9.17, 15) is 10.4 Å².